The van der Waals surface area contributed by atoms with Crippen molar-refractivity contribution in [3.63, 3.8) is 0 Å². The van der Waals surface area contributed by atoms with Gasteiger partial charge in [-0.3, -0.25) is 0 Å². The highest BCUT2D eigenvalue weighted by Gasteiger charge is 2.05. The summed E-state index contributed by atoms with van der Waals surface area (Å²) in [4.78, 5) is 8.70. The Labute approximate surface area is 112 Å². The highest BCUT2D eigenvalue weighted by Crippen LogP contribution is 2.19. The zero-order chi connectivity index (χ0) is 13.0. The highest BCUT2D eigenvalue weighted by molar-refractivity contribution is 6.30. The number of hydrogen-bond acceptors (Lipinski definition) is 3. The van der Waals surface area contributed by atoms with Crippen molar-refractivity contribution < 1.29 is 0 Å². The van der Waals surface area contributed by atoms with E-state index in [0.717, 1.165) is 24.0 Å². The molecule has 2 N–H and O–H groups in total. The molecule has 0 saturated carbocycles. The smallest absolute Gasteiger partial charge is 0.159 e. The van der Waals surface area contributed by atoms with E-state index in [2.05, 4.69) is 16.9 Å². The third kappa shape index (κ3) is 3.28. The van der Waals surface area contributed by atoms with Gasteiger partial charge in [0, 0.05) is 29.0 Å². The van der Waals surface area contributed by atoms with Gasteiger partial charge in [-0.05, 0) is 30.5 Å². The molecular formula is C14H16ClN3. The summed E-state index contributed by atoms with van der Waals surface area (Å²) in [5.74, 6) is 0.686. The van der Waals surface area contributed by atoms with Crippen LogP contribution in [0.1, 0.15) is 18.9 Å². The minimum absolute atomic E-state index is 0.172. The van der Waals surface area contributed by atoms with Crippen molar-refractivity contribution >= 4 is 11.6 Å². The fraction of sp³-hybridized carbons (Fsp3) is 0.286. The van der Waals surface area contributed by atoms with Gasteiger partial charge >= 0.3 is 0 Å². The number of nitrogens with zero attached hydrogens (tertiary/aromatic N) is 2. The first kappa shape index (κ1) is 13.0. The molecule has 0 radical (unpaired) electrons. The molecule has 4 heteroatoms. The van der Waals surface area contributed by atoms with E-state index in [4.69, 9.17) is 17.3 Å². The van der Waals surface area contributed by atoms with Crippen LogP contribution in [0.25, 0.3) is 11.4 Å². The van der Waals surface area contributed by atoms with Gasteiger partial charge in [0.25, 0.3) is 0 Å². The van der Waals surface area contributed by atoms with E-state index in [9.17, 15) is 0 Å². The number of nitrogens with two attached hydrogens (primary N) is 1. The molecule has 2 rings (SSSR count). The van der Waals surface area contributed by atoms with Crippen molar-refractivity contribution in [2.24, 2.45) is 5.73 Å². The van der Waals surface area contributed by atoms with Crippen molar-refractivity contribution in [2.45, 2.75) is 25.8 Å². The zero-order valence-electron chi connectivity index (χ0n) is 10.3. The summed E-state index contributed by atoms with van der Waals surface area (Å²) < 4.78 is 0. The first-order chi connectivity index (χ1) is 8.69. The first-order valence-corrected chi connectivity index (χ1v) is 6.39. The molecule has 0 amide bonds. The van der Waals surface area contributed by atoms with Crippen molar-refractivity contribution in [3.8, 4) is 11.4 Å². The molecule has 0 spiro atoms. The molecule has 1 heterocycles. The Morgan fingerprint density at radius 2 is 2.00 bits per heavy atom. The van der Waals surface area contributed by atoms with E-state index in [1.807, 2.05) is 36.7 Å². The molecule has 0 aliphatic rings. The molecular weight excluding hydrogens is 246 g/mol. The van der Waals surface area contributed by atoms with Crippen molar-refractivity contribution in [1.29, 1.82) is 0 Å². The number of benzene rings is 1. The number of halogens is 1. The van der Waals surface area contributed by atoms with Gasteiger partial charge in [0.05, 0.1) is 0 Å². The summed E-state index contributed by atoms with van der Waals surface area (Å²) in [6, 6.07) is 7.69. The van der Waals surface area contributed by atoms with Crippen LogP contribution in [-0.4, -0.2) is 16.0 Å². The predicted octanol–water partition coefficient (Wildman–Crippen LogP) is 3.08. The van der Waals surface area contributed by atoms with Gasteiger partial charge in [0.1, 0.15) is 0 Å². The molecule has 1 atom stereocenters. The topological polar surface area (TPSA) is 51.8 Å². The lowest BCUT2D eigenvalue weighted by atomic mass is 10.1. The second-order valence-corrected chi connectivity index (χ2v) is 4.73. The van der Waals surface area contributed by atoms with Crippen molar-refractivity contribution in [3.05, 3.63) is 47.2 Å². The normalized spacial score (nSPS) is 12.4. The quantitative estimate of drug-likeness (QED) is 0.920. The molecule has 0 saturated heterocycles. The minimum atomic E-state index is 0.172. The van der Waals surface area contributed by atoms with E-state index in [0.29, 0.717) is 10.8 Å². The van der Waals surface area contributed by atoms with E-state index >= 15 is 0 Å². The van der Waals surface area contributed by atoms with Crippen LogP contribution in [0.15, 0.2) is 36.7 Å². The number of rotatable bonds is 4. The van der Waals surface area contributed by atoms with Gasteiger partial charge in [-0.25, -0.2) is 9.97 Å². The molecule has 1 aromatic carbocycles. The lowest BCUT2D eigenvalue weighted by Crippen LogP contribution is -2.21. The van der Waals surface area contributed by atoms with Gasteiger partial charge in [0.15, 0.2) is 5.82 Å². The average molecular weight is 262 g/mol. The van der Waals surface area contributed by atoms with Gasteiger partial charge in [-0.15, -0.1) is 0 Å². The molecule has 0 fully saturated rings. The second-order valence-electron chi connectivity index (χ2n) is 4.30. The fourth-order valence-corrected chi connectivity index (χ4v) is 1.87. The SMILES string of the molecule is CCC(N)Cc1cnc(-c2cccc(Cl)c2)nc1. The lowest BCUT2D eigenvalue weighted by Gasteiger charge is -2.08. The average Bonchev–Trinajstić information content (AvgIpc) is 2.39. The molecule has 0 bridgehead atoms. The summed E-state index contributed by atoms with van der Waals surface area (Å²) >= 11 is 5.94. The maximum Gasteiger partial charge on any atom is 0.159 e. The van der Waals surface area contributed by atoms with Crippen LogP contribution in [0.3, 0.4) is 0 Å². The first-order valence-electron chi connectivity index (χ1n) is 6.01. The largest absolute Gasteiger partial charge is 0.327 e. The van der Waals surface area contributed by atoms with Gasteiger partial charge in [-0.2, -0.15) is 0 Å². The minimum Gasteiger partial charge on any atom is -0.327 e. The van der Waals surface area contributed by atoms with E-state index < -0.39 is 0 Å². The summed E-state index contributed by atoms with van der Waals surface area (Å²) in [6.07, 6.45) is 5.43. The van der Waals surface area contributed by atoms with Crippen LogP contribution in [0.2, 0.25) is 5.02 Å². The maximum atomic E-state index is 5.94. The Balaban J connectivity index is 2.17. The predicted molar refractivity (Wildman–Crippen MR) is 74.4 cm³/mol. The molecule has 0 aliphatic carbocycles. The van der Waals surface area contributed by atoms with E-state index in [1.165, 1.54) is 0 Å². The molecule has 0 aliphatic heterocycles. The number of hydrogen-bond donors (Lipinski definition) is 1. The Kier molecular flexibility index (Phi) is 4.28. The number of aromatic nitrogens is 2. The standard InChI is InChI=1S/C14H16ClN3/c1-2-13(16)6-10-8-17-14(18-9-10)11-4-3-5-12(15)7-11/h3-5,7-9,13H,2,6,16H2,1H3. The van der Waals surface area contributed by atoms with Gasteiger partial charge in [0.2, 0.25) is 0 Å². The van der Waals surface area contributed by atoms with Crippen LogP contribution in [0.5, 0.6) is 0 Å². The van der Waals surface area contributed by atoms with Crippen LogP contribution in [0.4, 0.5) is 0 Å². The Bertz CT molecular complexity index is 511. The summed E-state index contributed by atoms with van der Waals surface area (Å²) in [5, 5.41) is 0.688. The van der Waals surface area contributed by atoms with Crippen molar-refractivity contribution in [2.75, 3.05) is 0 Å². The van der Waals surface area contributed by atoms with Gasteiger partial charge < -0.3 is 5.73 Å². The lowest BCUT2D eigenvalue weighted by molar-refractivity contribution is 0.643. The van der Waals surface area contributed by atoms with Crippen molar-refractivity contribution in [1.82, 2.24) is 9.97 Å². The molecule has 3 nitrogen and oxygen atoms in total. The van der Waals surface area contributed by atoms with Crippen LogP contribution in [0, 0.1) is 0 Å². The van der Waals surface area contributed by atoms with E-state index in [-0.39, 0.29) is 6.04 Å². The molecule has 94 valence electrons. The summed E-state index contributed by atoms with van der Waals surface area (Å²) in [6.45, 7) is 2.08. The Morgan fingerprint density at radius 3 is 2.61 bits per heavy atom. The Hall–Kier alpha value is -1.45. The van der Waals surface area contributed by atoms with Crippen LogP contribution >= 0.6 is 11.6 Å². The second kappa shape index (κ2) is 5.94. The highest BCUT2D eigenvalue weighted by atomic mass is 35.5. The molecule has 2 aromatic rings. The third-order valence-corrected chi connectivity index (χ3v) is 3.05. The van der Waals surface area contributed by atoms with Gasteiger partial charge in [-0.1, -0.05) is 30.7 Å². The molecule has 1 aromatic heterocycles. The zero-order valence-corrected chi connectivity index (χ0v) is 11.1. The fourth-order valence-electron chi connectivity index (χ4n) is 1.68. The third-order valence-electron chi connectivity index (χ3n) is 2.81. The van der Waals surface area contributed by atoms with Crippen LogP contribution in [-0.2, 0) is 6.42 Å². The molecule has 18 heavy (non-hydrogen) atoms. The molecule has 1 unspecified atom stereocenters. The monoisotopic (exact) mass is 261 g/mol. The summed E-state index contributed by atoms with van der Waals surface area (Å²) in [7, 11) is 0. The maximum absolute atomic E-state index is 5.94. The Morgan fingerprint density at radius 1 is 1.28 bits per heavy atom. The van der Waals surface area contributed by atoms with E-state index in [1.54, 1.807) is 0 Å². The van der Waals surface area contributed by atoms with Crippen LogP contribution < -0.4 is 5.73 Å². The summed E-state index contributed by atoms with van der Waals surface area (Å²) in [5.41, 5.74) is 7.89.